The molecule has 2 aromatic rings. The summed E-state index contributed by atoms with van der Waals surface area (Å²) in [5.74, 6) is -0.0363. The first kappa shape index (κ1) is 11.9. The van der Waals surface area contributed by atoms with E-state index in [-0.39, 0.29) is 0 Å². The van der Waals surface area contributed by atoms with Crippen LogP contribution in [0.3, 0.4) is 0 Å². The van der Waals surface area contributed by atoms with E-state index in [4.69, 9.17) is 0 Å². The summed E-state index contributed by atoms with van der Waals surface area (Å²) in [4.78, 5) is 21.8. The molecule has 3 rings (SSSR count). The van der Waals surface area contributed by atoms with Crippen LogP contribution in [-0.4, -0.2) is 33.6 Å². The Kier molecular flexibility index (Phi) is 2.81. The molecule has 0 spiro atoms. The van der Waals surface area contributed by atoms with Gasteiger partial charge in [0.1, 0.15) is 18.2 Å². The number of hydrogen-bond acceptors (Lipinski definition) is 4. The molecule has 1 N–H and O–H groups in total. The van der Waals surface area contributed by atoms with E-state index in [0.717, 1.165) is 35.2 Å². The van der Waals surface area contributed by atoms with Crippen LogP contribution in [0.2, 0.25) is 0 Å². The average Bonchev–Trinajstić information content (AvgIpc) is 2.87. The maximum atomic E-state index is 11.3. The van der Waals surface area contributed by atoms with Crippen LogP contribution in [0.25, 0.3) is 10.9 Å². The number of fused-ring (bicyclic) bond motifs is 1. The molecule has 1 aromatic carbocycles. The van der Waals surface area contributed by atoms with Gasteiger partial charge in [0.05, 0.1) is 5.52 Å². The maximum absolute atomic E-state index is 11.3. The Morgan fingerprint density at radius 2 is 2.26 bits per heavy atom. The van der Waals surface area contributed by atoms with Gasteiger partial charge in [-0.15, -0.1) is 0 Å². The zero-order chi connectivity index (χ0) is 13.4. The van der Waals surface area contributed by atoms with E-state index in [1.54, 1.807) is 0 Å². The van der Waals surface area contributed by atoms with Gasteiger partial charge in [0.2, 0.25) is 0 Å². The minimum atomic E-state index is -0.780. The molecule has 0 aliphatic carbocycles. The van der Waals surface area contributed by atoms with Gasteiger partial charge >= 0.3 is 5.97 Å². The summed E-state index contributed by atoms with van der Waals surface area (Å²) < 4.78 is 0. The summed E-state index contributed by atoms with van der Waals surface area (Å²) in [5.41, 5.74) is 1.94. The highest BCUT2D eigenvalue weighted by Crippen LogP contribution is 2.31. The first-order valence-electron chi connectivity index (χ1n) is 6.38. The molecule has 19 heavy (non-hydrogen) atoms. The third-order valence-corrected chi connectivity index (χ3v) is 3.66. The molecule has 1 aliphatic rings. The molecule has 0 saturated carbocycles. The average molecular weight is 257 g/mol. The Bertz CT molecular complexity index is 636. The number of carbonyl (C=O) groups is 1. The highest BCUT2D eigenvalue weighted by molar-refractivity contribution is 5.94. The Labute approximate surface area is 110 Å². The molecule has 2 heterocycles. The fourth-order valence-electron chi connectivity index (χ4n) is 2.76. The smallest absolute Gasteiger partial charge is 0.326 e. The number of carboxylic acid groups (broad SMARTS) is 1. The number of rotatable bonds is 2. The summed E-state index contributed by atoms with van der Waals surface area (Å²) in [7, 11) is 0. The Balaban J connectivity index is 2.17. The lowest BCUT2D eigenvalue weighted by molar-refractivity contribution is -0.138. The van der Waals surface area contributed by atoms with Crippen molar-refractivity contribution in [2.24, 2.45) is 0 Å². The molecule has 98 valence electrons. The third-order valence-electron chi connectivity index (χ3n) is 3.66. The van der Waals surface area contributed by atoms with E-state index in [0.29, 0.717) is 6.42 Å². The highest BCUT2D eigenvalue weighted by atomic mass is 16.4. The van der Waals surface area contributed by atoms with Crippen molar-refractivity contribution in [1.29, 1.82) is 0 Å². The second-order valence-electron chi connectivity index (χ2n) is 4.86. The zero-order valence-electron chi connectivity index (χ0n) is 10.7. The highest BCUT2D eigenvalue weighted by Gasteiger charge is 2.32. The predicted molar refractivity (Wildman–Crippen MR) is 72.3 cm³/mol. The van der Waals surface area contributed by atoms with Crippen LogP contribution >= 0.6 is 0 Å². The molecule has 1 saturated heterocycles. The molecule has 1 unspecified atom stereocenters. The van der Waals surface area contributed by atoms with Crippen molar-refractivity contribution in [2.45, 2.75) is 25.8 Å². The van der Waals surface area contributed by atoms with Gasteiger partial charge in [-0.25, -0.2) is 14.8 Å². The first-order valence-corrected chi connectivity index (χ1v) is 6.38. The number of anilines is 1. The van der Waals surface area contributed by atoms with Crippen molar-refractivity contribution < 1.29 is 9.90 Å². The molecule has 0 radical (unpaired) electrons. The van der Waals surface area contributed by atoms with Gasteiger partial charge in [0.25, 0.3) is 0 Å². The van der Waals surface area contributed by atoms with E-state index in [1.807, 2.05) is 30.0 Å². The SMILES string of the molecule is Cc1cccc2ncnc(N3CCCC3C(=O)O)c12. The van der Waals surface area contributed by atoms with Crippen molar-refractivity contribution in [2.75, 3.05) is 11.4 Å². The molecule has 1 atom stereocenters. The minimum Gasteiger partial charge on any atom is -0.480 e. The van der Waals surface area contributed by atoms with Crippen molar-refractivity contribution in [3.05, 3.63) is 30.1 Å². The minimum absolute atomic E-state index is 0.474. The molecule has 1 aliphatic heterocycles. The van der Waals surface area contributed by atoms with Gasteiger partial charge in [-0.1, -0.05) is 12.1 Å². The lowest BCUT2D eigenvalue weighted by atomic mass is 10.1. The molecule has 0 amide bonds. The van der Waals surface area contributed by atoms with Gasteiger partial charge in [-0.3, -0.25) is 0 Å². The number of nitrogens with zero attached hydrogens (tertiary/aromatic N) is 3. The molecule has 0 bridgehead atoms. The van der Waals surface area contributed by atoms with Crippen LogP contribution < -0.4 is 4.90 Å². The van der Waals surface area contributed by atoms with Gasteiger partial charge in [0.15, 0.2) is 0 Å². The number of aryl methyl sites for hydroxylation is 1. The summed E-state index contributed by atoms with van der Waals surface area (Å²) in [6.45, 7) is 2.73. The maximum Gasteiger partial charge on any atom is 0.326 e. The number of benzene rings is 1. The van der Waals surface area contributed by atoms with Gasteiger partial charge in [0, 0.05) is 11.9 Å². The number of carboxylic acids is 1. The van der Waals surface area contributed by atoms with Crippen LogP contribution in [0.5, 0.6) is 0 Å². The van der Waals surface area contributed by atoms with Crippen molar-refractivity contribution >= 4 is 22.7 Å². The van der Waals surface area contributed by atoms with Crippen LogP contribution in [0.1, 0.15) is 18.4 Å². The van der Waals surface area contributed by atoms with E-state index in [2.05, 4.69) is 9.97 Å². The molecular weight excluding hydrogens is 242 g/mol. The Hall–Kier alpha value is -2.17. The monoisotopic (exact) mass is 257 g/mol. The van der Waals surface area contributed by atoms with Crippen molar-refractivity contribution in [3.8, 4) is 0 Å². The van der Waals surface area contributed by atoms with E-state index < -0.39 is 12.0 Å². The second-order valence-corrected chi connectivity index (χ2v) is 4.86. The van der Waals surface area contributed by atoms with Gasteiger partial charge in [-0.05, 0) is 31.4 Å². The number of hydrogen-bond donors (Lipinski definition) is 1. The molecule has 1 aromatic heterocycles. The fourth-order valence-corrected chi connectivity index (χ4v) is 2.76. The molecule has 1 fully saturated rings. The van der Waals surface area contributed by atoms with Crippen molar-refractivity contribution in [1.82, 2.24) is 9.97 Å². The van der Waals surface area contributed by atoms with E-state index in [9.17, 15) is 9.90 Å². The number of aromatic nitrogens is 2. The summed E-state index contributed by atoms with van der Waals surface area (Å²) in [6.07, 6.45) is 3.06. The topological polar surface area (TPSA) is 66.3 Å². The molecule has 5 heteroatoms. The fraction of sp³-hybridized carbons (Fsp3) is 0.357. The van der Waals surface area contributed by atoms with Crippen LogP contribution in [-0.2, 0) is 4.79 Å². The number of aliphatic carboxylic acids is 1. The van der Waals surface area contributed by atoms with Crippen LogP contribution in [0.4, 0.5) is 5.82 Å². The Morgan fingerprint density at radius 3 is 3.05 bits per heavy atom. The summed E-state index contributed by atoms with van der Waals surface area (Å²) in [6, 6.07) is 5.41. The first-order chi connectivity index (χ1) is 9.18. The normalized spacial score (nSPS) is 19.0. The molecule has 5 nitrogen and oxygen atoms in total. The third kappa shape index (κ3) is 1.91. The Morgan fingerprint density at radius 1 is 1.42 bits per heavy atom. The van der Waals surface area contributed by atoms with E-state index in [1.165, 1.54) is 6.33 Å². The molecular formula is C14H15N3O2. The quantitative estimate of drug-likeness (QED) is 0.891. The van der Waals surface area contributed by atoms with Crippen molar-refractivity contribution in [3.63, 3.8) is 0 Å². The largest absolute Gasteiger partial charge is 0.480 e. The van der Waals surface area contributed by atoms with E-state index >= 15 is 0 Å². The lowest BCUT2D eigenvalue weighted by Gasteiger charge is -2.24. The standard InChI is InChI=1S/C14H15N3O2/c1-9-4-2-5-10-12(9)13(16-8-15-10)17-7-3-6-11(17)14(18)19/h2,4-5,8,11H,3,6-7H2,1H3,(H,18,19). The van der Waals surface area contributed by atoms with Crippen LogP contribution in [0.15, 0.2) is 24.5 Å². The predicted octanol–water partition coefficient (Wildman–Crippen LogP) is 1.99. The second kappa shape index (κ2) is 4.50. The van der Waals surface area contributed by atoms with Gasteiger partial charge < -0.3 is 10.0 Å². The zero-order valence-corrected chi connectivity index (χ0v) is 10.7. The van der Waals surface area contributed by atoms with Gasteiger partial charge in [-0.2, -0.15) is 0 Å². The summed E-state index contributed by atoms with van der Waals surface area (Å²) in [5, 5.41) is 10.3. The van der Waals surface area contributed by atoms with Crippen LogP contribution in [0, 0.1) is 6.92 Å². The lowest BCUT2D eigenvalue weighted by Crippen LogP contribution is -2.36. The summed E-state index contributed by atoms with van der Waals surface area (Å²) >= 11 is 0.